The quantitative estimate of drug-likeness (QED) is 0.848. The molecule has 112 valence electrons. The number of nitrogens with one attached hydrogen (secondary N) is 1. The molecule has 3 heterocycles. The molecule has 0 saturated carbocycles. The number of halogens is 1. The van der Waals surface area contributed by atoms with Crippen molar-refractivity contribution in [1.82, 2.24) is 24.6 Å². The predicted octanol–water partition coefficient (Wildman–Crippen LogP) is 0.606. The fourth-order valence-corrected chi connectivity index (χ4v) is 2.95. The molecular weight excluding hydrogens is 292 g/mol. The van der Waals surface area contributed by atoms with Crippen LogP contribution in [0.1, 0.15) is 22.5 Å². The first kappa shape index (κ1) is 14.1. The number of fused-ring (bicyclic) bond motifs is 1. The van der Waals surface area contributed by atoms with Gasteiger partial charge >= 0.3 is 0 Å². The number of nitrogens with zero attached hydrogens (tertiary/aromatic N) is 4. The van der Waals surface area contributed by atoms with E-state index in [0.29, 0.717) is 30.2 Å². The Labute approximate surface area is 126 Å². The van der Waals surface area contributed by atoms with Crippen LogP contribution in [-0.2, 0) is 26.6 Å². The minimum Gasteiger partial charge on any atom is -0.369 e. The molecule has 0 atom stereocenters. The summed E-state index contributed by atoms with van der Waals surface area (Å²) in [5, 5.41) is 4.95. The zero-order valence-electron chi connectivity index (χ0n) is 12.0. The largest absolute Gasteiger partial charge is 0.369 e. The van der Waals surface area contributed by atoms with Gasteiger partial charge in [-0.25, -0.2) is 4.98 Å². The number of H-pyrrole nitrogens is 1. The van der Waals surface area contributed by atoms with E-state index in [1.54, 1.807) is 4.68 Å². The Morgan fingerprint density at radius 1 is 1.48 bits per heavy atom. The van der Waals surface area contributed by atoms with Crippen molar-refractivity contribution in [2.75, 3.05) is 12.3 Å². The fraction of sp³-hybridized carbons (Fsp3) is 0.462. The first-order valence-electron chi connectivity index (χ1n) is 6.73. The first-order chi connectivity index (χ1) is 9.95. The van der Waals surface area contributed by atoms with Gasteiger partial charge in [-0.2, -0.15) is 5.10 Å². The molecule has 21 heavy (non-hydrogen) atoms. The van der Waals surface area contributed by atoms with E-state index in [0.717, 1.165) is 23.5 Å². The van der Waals surface area contributed by atoms with E-state index in [9.17, 15) is 4.79 Å². The van der Waals surface area contributed by atoms with Gasteiger partial charge in [-0.3, -0.25) is 19.4 Å². The van der Waals surface area contributed by atoms with Gasteiger partial charge < -0.3 is 5.73 Å². The molecule has 0 bridgehead atoms. The second-order valence-corrected chi connectivity index (χ2v) is 5.67. The zero-order chi connectivity index (χ0) is 15.1. The fourth-order valence-electron chi connectivity index (χ4n) is 2.71. The highest BCUT2D eigenvalue weighted by Gasteiger charge is 2.23. The summed E-state index contributed by atoms with van der Waals surface area (Å²) in [4.78, 5) is 20.9. The van der Waals surface area contributed by atoms with Gasteiger partial charge in [0, 0.05) is 38.7 Å². The minimum atomic E-state index is -0.156. The van der Waals surface area contributed by atoms with Crippen LogP contribution in [0.15, 0.2) is 4.79 Å². The topological polar surface area (TPSA) is 92.8 Å². The van der Waals surface area contributed by atoms with E-state index in [-0.39, 0.29) is 11.5 Å². The van der Waals surface area contributed by atoms with Crippen LogP contribution in [0.2, 0.25) is 5.15 Å². The van der Waals surface area contributed by atoms with Crippen molar-refractivity contribution in [2.45, 2.75) is 26.4 Å². The van der Waals surface area contributed by atoms with E-state index < -0.39 is 0 Å². The van der Waals surface area contributed by atoms with Gasteiger partial charge in [0.2, 0.25) is 5.95 Å². The lowest BCUT2D eigenvalue weighted by Crippen LogP contribution is -2.35. The molecule has 3 rings (SSSR count). The number of nitrogens with two attached hydrogens (primary N) is 1. The molecule has 0 amide bonds. The monoisotopic (exact) mass is 308 g/mol. The summed E-state index contributed by atoms with van der Waals surface area (Å²) < 4.78 is 1.67. The average molecular weight is 309 g/mol. The zero-order valence-corrected chi connectivity index (χ0v) is 12.7. The van der Waals surface area contributed by atoms with E-state index in [4.69, 9.17) is 17.3 Å². The van der Waals surface area contributed by atoms with Crippen LogP contribution < -0.4 is 11.3 Å². The summed E-state index contributed by atoms with van der Waals surface area (Å²) >= 11 is 6.26. The Hall–Kier alpha value is -1.86. The maximum atomic E-state index is 12.0. The summed E-state index contributed by atoms with van der Waals surface area (Å²) in [6.45, 7) is 3.96. The molecule has 0 unspecified atom stereocenters. The third-order valence-corrected chi connectivity index (χ3v) is 4.29. The van der Waals surface area contributed by atoms with E-state index in [1.165, 1.54) is 0 Å². The average Bonchev–Trinajstić information content (AvgIpc) is 2.66. The lowest BCUT2D eigenvalue weighted by molar-refractivity contribution is 0.241. The van der Waals surface area contributed by atoms with Crippen LogP contribution in [0.4, 0.5) is 5.95 Å². The Bertz CT molecular complexity index is 750. The minimum absolute atomic E-state index is 0.156. The standard InChI is InChI=1S/C13H17ClN6O/c1-7-8(11(14)19(2)18-7)5-20-4-3-10-9(6-20)12(21)17-13(15)16-10/h3-6H2,1-2H3,(H3,15,16,17,21). The number of aromatic amines is 1. The van der Waals surface area contributed by atoms with Gasteiger partial charge in [0.15, 0.2) is 0 Å². The predicted molar refractivity (Wildman–Crippen MR) is 80.0 cm³/mol. The van der Waals surface area contributed by atoms with E-state index in [1.807, 2.05) is 14.0 Å². The van der Waals surface area contributed by atoms with Crippen LogP contribution in [0.3, 0.4) is 0 Å². The highest BCUT2D eigenvalue weighted by molar-refractivity contribution is 6.30. The molecule has 0 fully saturated rings. The summed E-state index contributed by atoms with van der Waals surface area (Å²) in [5.41, 5.74) is 8.82. The number of anilines is 1. The Morgan fingerprint density at radius 2 is 2.24 bits per heavy atom. The summed E-state index contributed by atoms with van der Waals surface area (Å²) in [7, 11) is 1.82. The second kappa shape index (κ2) is 5.16. The maximum Gasteiger partial charge on any atom is 0.257 e. The van der Waals surface area contributed by atoms with Gasteiger partial charge in [-0.05, 0) is 6.92 Å². The number of aryl methyl sites for hydroxylation is 2. The smallest absolute Gasteiger partial charge is 0.257 e. The molecule has 2 aromatic rings. The van der Waals surface area contributed by atoms with Crippen molar-refractivity contribution in [1.29, 1.82) is 0 Å². The molecule has 0 radical (unpaired) electrons. The summed E-state index contributed by atoms with van der Waals surface area (Å²) in [5.74, 6) is 0.179. The molecule has 7 nitrogen and oxygen atoms in total. The van der Waals surface area contributed by atoms with Crippen molar-refractivity contribution in [3.05, 3.63) is 38.0 Å². The third-order valence-electron chi connectivity index (χ3n) is 3.82. The third kappa shape index (κ3) is 2.54. The molecule has 3 N–H and O–H groups in total. The molecule has 8 heteroatoms. The van der Waals surface area contributed by atoms with Crippen LogP contribution in [0.5, 0.6) is 0 Å². The summed E-state index contributed by atoms with van der Waals surface area (Å²) in [6.07, 6.45) is 0.709. The van der Waals surface area contributed by atoms with Crippen molar-refractivity contribution < 1.29 is 0 Å². The number of hydrogen-bond acceptors (Lipinski definition) is 5. The van der Waals surface area contributed by atoms with Crippen LogP contribution >= 0.6 is 11.6 Å². The second-order valence-electron chi connectivity index (χ2n) is 5.32. The SMILES string of the molecule is Cc1nn(C)c(Cl)c1CN1CCc2nc(N)[nH]c(=O)c2C1. The van der Waals surface area contributed by atoms with Crippen LogP contribution in [-0.4, -0.2) is 31.2 Å². The molecular formula is C13H17ClN6O. The number of nitrogen functional groups attached to an aromatic ring is 1. The molecule has 1 aliphatic rings. The normalized spacial score (nSPS) is 15.2. The Balaban J connectivity index is 1.85. The number of hydrogen-bond donors (Lipinski definition) is 2. The van der Waals surface area contributed by atoms with Gasteiger partial charge in [-0.15, -0.1) is 0 Å². The lowest BCUT2D eigenvalue weighted by atomic mass is 10.1. The Morgan fingerprint density at radius 3 is 2.90 bits per heavy atom. The van der Waals surface area contributed by atoms with Gasteiger partial charge in [0.25, 0.3) is 5.56 Å². The number of rotatable bonds is 2. The molecule has 2 aromatic heterocycles. The van der Waals surface area contributed by atoms with Crippen LogP contribution in [0, 0.1) is 6.92 Å². The number of aromatic nitrogens is 4. The molecule has 1 aliphatic heterocycles. The highest BCUT2D eigenvalue weighted by atomic mass is 35.5. The van der Waals surface area contributed by atoms with Crippen molar-refractivity contribution in [3.8, 4) is 0 Å². The molecule has 0 aliphatic carbocycles. The molecule has 0 aromatic carbocycles. The van der Waals surface area contributed by atoms with Crippen molar-refractivity contribution >= 4 is 17.5 Å². The van der Waals surface area contributed by atoms with Crippen LogP contribution in [0.25, 0.3) is 0 Å². The van der Waals surface area contributed by atoms with Gasteiger partial charge in [0.05, 0.1) is 17.0 Å². The van der Waals surface area contributed by atoms with Gasteiger partial charge in [0.1, 0.15) is 5.15 Å². The van der Waals surface area contributed by atoms with Crippen molar-refractivity contribution in [2.24, 2.45) is 7.05 Å². The van der Waals surface area contributed by atoms with Crippen molar-refractivity contribution in [3.63, 3.8) is 0 Å². The highest BCUT2D eigenvalue weighted by Crippen LogP contribution is 2.23. The lowest BCUT2D eigenvalue weighted by Gasteiger charge is -2.27. The molecule has 0 spiro atoms. The Kier molecular flexibility index (Phi) is 3.46. The van der Waals surface area contributed by atoms with E-state index >= 15 is 0 Å². The van der Waals surface area contributed by atoms with Gasteiger partial charge in [-0.1, -0.05) is 11.6 Å². The van der Waals surface area contributed by atoms with E-state index in [2.05, 4.69) is 20.0 Å². The summed E-state index contributed by atoms with van der Waals surface area (Å²) in [6, 6.07) is 0. The maximum absolute atomic E-state index is 12.0. The molecule has 0 saturated heterocycles. The first-order valence-corrected chi connectivity index (χ1v) is 7.11.